The number of carboxylic acids is 1. The van der Waals surface area contributed by atoms with Gasteiger partial charge in [-0.3, -0.25) is 4.98 Å². The zero-order chi connectivity index (χ0) is 20.1. The molecule has 0 spiro atoms. The summed E-state index contributed by atoms with van der Waals surface area (Å²) in [6.07, 6.45) is 8.05. The SMILES string of the molecule is CC(C)Oc1cc(Cl)ccc1-c1ccc(C(=O)O)c(CCC2CCCCC2)n1. The van der Waals surface area contributed by atoms with E-state index < -0.39 is 5.97 Å². The van der Waals surface area contributed by atoms with E-state index in [1.54, 1.807) is 24.3 Å². The molecule has 4 nitrogen and oxygen atoms in total. The number of nitrogens with zero attached hydrogens (tertiary/aromatic N) is 1. The van der Waals surface area contributed by atoms with Crippen LogP contribution in [0.25, 0.3) is 11.3 Å². The van der Waals surface area contributed by atoms with E-state index in [0.717, 1.165) is 17.7 Å². The minimum atomic E-state index is -0.924. The van der Waals surface area contributed by atoms with Gasteiger partial charge in [0.25, 0.3) is 0 Å². The Morgan fingerprint density at radius 2 is 1.96 bits per heavy atom. The topological polar surface area (TPSA) is 59.4 Å². The summed E-state index contributed by atoms with van der Waals surface area (Å²) in [5.74, 6) is 0.417. The summed E-state index contributed by atoms with van der Waals surface area (Å²) in [5, 5.41) is 10.2. The van der Waals surface area contributed by atoms with Gasteiger partial charge in [0.15, 0.2) is 0 Å². The number of halogens is 1. The van der Waals surface area contributed by atoms with Crippen molar-refractivity contribution in [1.29, 1.82) is 0 Å². The highest BCUT2D eigenvalue weighted by atomic mass is 35.5. The number of aromatic nitrogens is 1. The molecule has 1 N–H and O–H groups in total. The number of aryl methyl sites for hydroxylation is 1. The van der Waals surface area contributed by atoms with Crippen LogP contribution in [0, 0.1) is 5.92 Å². The predicted octanol–water partition coefficient (Wildman–Crippen LogP) is 6.40. The molecule has 1 saturated carbocycles. The van der Waals surface area contributed by atoms with E-state index in [1.165, 1.54) is 32.1 Å². The molecular formula is C23H28ClNO3. The van der Waals surface area contributed by atoms with Gasteiger partial charge in [-0.2, -0.15) is 0 Å². The number of carbonyl (C=O) groups is 1. The molecule has 150 valence electrons. The zero-order valence-electron chi connectivity index (χ0n) is 16.6. The van der Waals surface area contributed by atoms with Crippen molar-refractivity contribution in [1.82, 2.24) is 4.98 Å². The van der Waals surface area contributed by atoms with Crippen molar-refractivity contribution in [3.05, 3.63) is 46.6 Å². The van der Waals surface area contributed by atoms with Crippen molar-refractivity contribution in [2.24, 2.45) is 5.92 Å². The molecule has 0 atom stereocenters. The fourth-order valence-electron chi connectivity index (χ4n) is 3.91. The van der Waals surface area contributed by atoms with Gasteiger partial charge in [-0.25, -0.2) is 4.79 Å². The van der Waals surface area contributed by atoms with Crippen LogP contribution in [0.3, 0.4) is 0 Å². The minimum absolute atomic E-state index is 0.00119. The Balaban J connectivity index is 1.91. The van der Waals surface area contributed by atoms with E-state index in [9.17, 15) is 9.90 Å². The van der Waals surface area contributed by atoms with E-state index in [0.29, 0.717) is 34.4 Å². The summed E-state index contributed by atoms with van der Waals surface area (Å²) in [7, 11) is 0. The molecule has 0 amide bonds. The van der Waals surface area contributed by atoms with Crippen LogP contribution >= 0.6 is 11.6 Å². The van der Waals surface area contributed by atoms with Crippen molar-refractivity contribution in [3.63, 3.8) is 0 Å². The number of hydrogen-bond donors (Lipinski definition) is 1. The molecular weight excluding hydrogens is 374 g/mol. The highest BCUT2D eigenvalue weighted by Crippen LogP contribution is 2.33. The van der Waals surface area contributed by atoms with Crippen molar-refractivity contribution < 1.29 is 14.6 Å². The molecule has 0 unspecified atom stereocenters. The van der Waals surface area contributed by atoms with Crippen LogP contribution < -0.4 is 4.74 Å². The van der Waals surface area contributed by atoms with Gasteiger partial charge >= 0.3 is 5.97 Å². The van der Waals surface area contributed by atoms with Gasteiger partial charge in [0, 0.05) is 10.6 Å². The highest BCUT2D eigenvalue weighted by Gasteiger charge is 2.19. The lowest BCUT2D eigenvalue weighted by Crippen LogP contribution is -2.11. The van der Waals surface area contributed by atoms with E-state index in [4.69, 9.17) is 21.3 Å². The molecule has 1 aliphatic rings. The number of ether oxygens (including phenoxy) is 1. The average molecular weight is 402 g/mol. The quantitative estimate of drug-likeness (QED) is 0.583. The molecule has 1 aromatic carbocycles. The molecule has 3 rings (SSSR count). The van der Waals surface area contributed by atoms with Gasteiger partial charge in [0.2, 0.25) is 0 Å². The van der Waals surface area contributed by atoms with E-state index in [1.807, 2.05) is 19.9 Å². The predicted molar refractivity (Wildman–Crippen MR) is 112 cm³/mol. The van der Waals surface area contributed by atoms with Crippen LogP contribution in [0.2, 0.25) is 5.02 Å². The minimum Gasteiger partial charge on any atom is -0.490 e. The lowest BCUT2D eigenvalue weighted by molar-refractivity contribution is 0.0695. The van der Waals surface area contributed by atoms with Crippen molar-refractivity contribution in [2.75, 3.05) is 0 Å². The summed E-state index contributed by atoms with van der Waals surface area (Å²) >= 11 is 6.14. The molecule has 1 aliphatic carbocycles. The average Bonchev–Trinajstić information content (AvgIpc) is 2.66. The first-order chi connectivity index (χ1) is 13.4. The molecule has 1 fully saturated rings. The first-order valence-electron chi connectivity index (χ1n) is 10.1. The van der Waals surface area contributed by atoms with Gasteiger partial charge in [-0.15, -0.1) is 0 Å². The van der Waals surface area contributed by atoms with E-state index >= 15 is 0 Å². The Labute approximate surface area is 171 Å². The smallest absolute Gasteiger partial charge is 0.337 e. The Morgan fingerprint density at radius 3 is 2.64 bits per heavy atom. The number of hydrogen-bond acceptors (Lipinski definition) is 3. The lowest BCUT2D eigenvalue weighted by Gasteiger charge is -2.21. The number of benzene rings is 1. The van der Waals surface area contributed by atoms with Crippen LogP contribution in [0.5, 0.6) is 5.75 Å². The Hall–Kier alpha value is -2.07. The van der Waals surface area contributed by atoms with Gasteiger partial charge in [-0.05, 0) is 62.9 Å². The second-order valence-corrected chi connectivity index (χ2v) is 8.28. The Kier molecular flexibility index (Phi) is 6.95. The van der Waals surface area contributed by atoms with Gasteiger partial charge in [0.1, 0.15) is 5.75 Å². The number of aromatic carboxylic acids is 1. The summed E-state index contributed by atoms with van der Waals surface area (Å²) in [6, 6.07) is 8.89. The third kappa shape index (κ3) is 5.26. The molecule has 0 saturated heterocycles. The molecule has 0 aliphatic heterocycles. The maximum Gasteiger partial charge on any atom is 0.337 e. The van der Waals surface area contributed by atoms with Crippen LogP contribution in [0.1, 0.15) is 68.4 Å². The lowest BCUT2D eigenvalue weighted by atomic mass is 9.85. The molecule has 0 radical (unpaired) electrons. The maximum atomic E-state index is 11.7. The third-order valence-corrected chi connectivity index (χ3v) is 5.54. The fourth-order valence-corrected chi connectivity index (χ4v) is 4.07. The van der Waals surface area contributed by atoms with E-state index in [-0.39, 0.29) is 6.10 Å². The summed E-state index contributed by atoms with van der Waals surface area (Å²) < 4.78 is 5.91. The molecule has 1 aromatic heterocycles. The van der Waals surface area contributed by atoms with Crippen LogP contribution in [-0.4, -0.2) is 22.2 Å². The van der Waals surface area contributed by atoms with Crippen molar-refractivity contribution in [3.8, 4) is 17.0 Å². The summed E-state index contributed by atoms with van der Waals surface area (Å²) in [5.41, 5.74) is 2.49. The third-order valence-electron chi connectivity index (χ3n) is 5.30. The van der Waals surface area contributed by atoms with Gasteiger partial charge in [0.05, 0.1) is 23.1 Å². The zero-order valence-corrected chi connectivity index (χ0v) is 17.3. The second-order valence-electron chi connectivity index (χ2n) is 7.85. The first kappa shape index (κ1) is 20.7. The maximum absolute atomic E-state index is 11.7. The molecule has 2 aromatic rings. The van der Waals surface area contributed by atoms with E-state index in [2.05, 4.69) is 0 Å². The van der Waals surface area contributed by atoms with Crippen molar-refractivity contribution in [2.45, 2.75) is 64.9 Å². The molecule has 1 heterocycles. The van der Waals surface area contributed by atoms with Crippen LogP contribution in [-0.2, 0) is 6.42 Å². The molecule has 5 heteroatoms. The second kappa shape index (κ2) is 9.42. The summed E-state index contributed by atoms with van der Waals surface area (Å²) in [6.45, 7) is 3.92. The van der Waals surface area contributed by atoms with Crippen LogP contribution in [0.15, 0.2) is 30.3 Å². The highest BCUT2D eigenvalue weighted by molar-refractivity contribution is 6.30. The first-order valence-corrected chi connectivity index (χ1v) is 10.5. The Bertz CT molecular complexity index is 829. The monoisotopic (exact) mass is 401 g/mol. The molecule has 0 bridgehead atoms. The Morgan fingerprint density at radius 1 is 1.21 bits per heavy atom. The normalized spacial score (nSPS) is 15.0. The standard InChI is InChI=1S/C23H28ClNO3/c1-15(2)28-22-14-17(24)9-10-18(22)20-13-11-19(23(26)27)21(25-20)12-8-16-6-4-3-5-7-16/h9-11,13-16H,3-8,12H2,1-2H3,(H,26,27). The fraction of sp³-hybridized carbons (Fsp3) is 0.478. The van der Waals surface area contributed by atoms with Gasteiger partial charge < -0.3 is 9.84 Å². The largest absolute Gasteiger partial charge is 0.490 e. The van der Waals surface area contributed by atoms with Crippen LogP contribution in [0.4, 0.5) is 0 Å². The van der Waals surface area contributed by atoms with Gasteiger partial charge in [-0.1, -0.05) is 43.7 Å². The molecule has 28 heavy (non-hydrogen) atoms. The van der Waals surface area contributed by atoms with Crippen molar-refractivity contribution >= 4 is 17.6 Å². The summed E-state index contributed by atoms with van der Waals surface area (Å²) in [4.78, 5) is 16.4. The number of pyridine rings is 1. The number of carboxylic acid groups (broad SMARTS) is 1. The number of rotatable bonds is 7.